The lowest BCUT2D eigenvalue weighted by atomic mass is 10.2. The molecule has 8 nitrogen and oxygen atoms in total. The van der Waals surface area contributed by atoms with Gasteiger partial charge in [-0.1, -0.05) is 72.8 Å². The van der Waals surface area contributed by atoms with Crippen LogP contribution in [0.1, 0.15) is 11.1 Å². The summed E-state index contributed by atoms with van der Waals surface area (Å²) in [5.41, 5.74) is 4.99. The molecule has 0 atom stereocenters. The highest BCUT2D eigenvalue weighted by atomic mass is 19.1. The second-order valence-electron chi connectivity index (χ2n) is 9.37. The molecule has 1 heterocycles. The molecule has 0 aliphatic rings. The molecule has 43 heavy (non-hydrogen) atoms. The summed E-state index contributed by atoms with van der Waals surface area (Å²) >= 11 is 0. The van der Waals surface area contributed by atoms with E-state index >= 15 is 0 Å². The summed E-state index contributed by atoms with van der Waals surface area (Å²) in [5, 5.41) is 6.13. The van der Waals surface area contributed by atoms with Gasteiger partial charge in [0.05, 0.1) is 44.0 Å². The minimum atomic E-state index is -0.581. The quantitative estimate of drug-likeness (QED) is 0.103. The maximum atomic E-state index is 14.6. The van der Waals surface area contributed by atoms with Crippen LogP contribution in [0.2, 0.25) is 0 Å². The molecule has 4 aromatic carbocycles. The van der Waals surface area contributed by atoms with Gasteiger partial charge >= 0.3 is 0 Å². The zero-order chi connectivity index (χ0) is 29.5. The standard InChI is InChI=1S/C34H31FN6O2/c35-32-23-38-34(40-31-16-8-14-29(22-31)37-18-20-43-25-27-11-5-2-6-12-27)41-33(32)39-30-15-7-13-28(21-30)36-17-19-42-24-26-9-3-1-4-10-26/h1-18,21-23H,19-20,24-25H2,(H2,38,39,40,41). The number of ether oxygens (including phenoxy) is 2. The lowest BCUT2D eigenvalue weighted by Gasteiger charge is -2.10. The molecule has 0 fully saturated rings. The summed E-state index contributed by atoms with van der Waals surface area (Å²) in [7, 11) is 0. The monoisotopic (exact) mass is 574 g/mol. The van der Waals surface area contributed by atoms with Gasteiger partial charge < -0.3 is 20.1 Å². The van der Waals surface area contributed by atoms with Gasteiger partial charge in [0.2, 0.25) is 5.95 Å². The van der Waals surface area contributed by atoms with Crippen LogP contribution in [0.25, 0.3) is 0 Å². The second-order valence-corrected chi connectivity index (χ2v) is 9.37. The van der Waals surface area contributed by atoms with E-state index in [9.17, 15) is 4.39 Å². The highest BCUT2D eigenvalue weighted by Gasteiger charge is 2.09. The molecular formula is C34H31FN6O2. The van der Waals surface area contributed by atoms with Gasteiger partial charge in [-0.05, 0) is 47.5 Å². The van der Waals surface area contributed by atoms with E-state index in [0.29, 0.717) is 43.5 Å². The van der Waals surface area contributed by atoms with Gasteiger partial charge in [-0.25, -0.2) is 9.37 Å². The number of hydrogen-bond donors (Lipinski definition) is 2. The zero-order valence-electron chi connectivity index (χ0n) is 23.4. The highest BCUT2D eigenvalue weighted by Crippen LogP contribution is 2.25. The van der Waals surface area contributed by atoms with Crippen molar-refractivity contribution >= 4 is 46.9 Å². The Kier molecular flexibility index (Phi) is 10.7. The van der Waals surface area contributed by atoms with E-state index < -0.39 is 5.82 Å². The van der Waals surface area contributed by atoms with Crippen molar-refractivity contribution in [2.45, 2.75) is 13.2 Å². The van der Waals surface area contributed by atoms with Gasteiger partial charge in [0.15, 0.2) is 11.6 Å². The van der Waals surface area contributed by atoms with Crippen molar-refractivity contribution in [2.75, 3.05) is 23.8 Å². The number of nitrogens with zero attached hydrogens (tertiary/aromatic N) is 4. The van der Waals surface area contributed by atoms with Crippen LogP contribution in [-0.4, -0.2) is 35.6 Å². The molecule has 0 saturated heterocycles. The van der Waals surface area contributed by atoms with Crippen molar-refractivity contribution in [3.8, 4) is 0 Å². The van der Waals surface area contributed by atoms with Gasteiger partial charge in [0, 0.05) is 23.8 Å². The van der Waals surface area contributed by atoms with E-state index in [2.05, 4.69) is 30.6 Å². The highest BCUT2D eigenvalue weighted by molar-refractivity contribution is 5.69. The number of benzene rings is 4. The Bertz CT molecular complexity index is 1650. The average molecular weight is 575 g/mol. The molecule has 0 saturated carbocycles. The first kappa shape index (κ1) is 29.2. The fourth-order valence-corrected chi connectivity index (χ4v) is 4.00. The van der Waals surface area contributed by atoms with Crippen LogP contribution >= 0.6 is 0 Å². The molecule has 9 heteroatoms. The van der Waals surface area contributed by atoms with Crippen molar-refractivity contribution in [1.82, 2.24) is 9.97 Å². The Morgan fingerprint density at radius 3 is 1.74 bits per heavy atom. The molecule has 5 rings (SSSR count). The Labute approximate surface area is 250 Å². The maximum absolute atomic E-state index is 14.6. The number of nitrogens with one attached hydrogen (secondary N) is 2. The lowest BCUT2D eigenvalue weighted by Crippen LogP contribution is -2.03. The molecule has 0 radical (unpaired) electrons. The number of rotatable bonds is 14. The molecule has 0 unspecified atom stereocenters. The van der Waals surface area contributed by atoms with Crippen LogP contribution in [0.4, 0.5) is 38.9 Å². The van der Waals surface area contributed by atoms with Gasteiger partial charge in [-0.2, -0.15) is 4.98 Å². The summed E-state index contributed by atoms with van der Waals surface area (Å²) in [5.74, 6) is -0.307. The van der Waals surface area contributed by atoms with Crippen molar-refractivity contribution in [3.63, 3.8) is 0 Å². The van der Waals surface area contributed by atoms with Crippen LogP contribution in [0.15, 0.2) is 125 Å². The summed E-state index contributed by atoms with van der Waals surface area (Å²) in [6.07, 6.45) is 4.54. The maximum Gasteiger partial charge on any atom is 0.229 e. The van der Waals surface area contributed by atoms with Crippen LogP contribution in [-0.2, 0) is 22.7 Å². The molecule has 2 N–H and O–H groups in total. The largest absolute Gasteiger partial charge is 0.371 e. The van der Waals surface area contributed by atoms with E-state index in [1.807, 2.05) is 103 Å². The average Bonchev–Trinajstić information content (AvgIpc) is 3.04. The summed E-state index contributed by atoms with van der Waals surface area (Å²) in [6, 6.07) is 34.7. The third kappa shape index (κ3) is 9.67. The van der Waals surface area contributed by atoms with Crippen LogP contribution in [0.5, 0.6) is 0 Å². The molecule has 216 valence electrons. The predicted octanol–water partition coefficient (Wildman–Crippen LogP) is 7.94. The molecule has 0 aliphatic carbocycles. The van der Waals surface area contributed by atoms with Crippen molar-refractivity contribution in [2.24, 2.45) is 9.98 Å². The van der Waals surface area contributed by atoms with Crippen LogP contribution in [0, 0.1) is 5.82 Å². The first-order chi connectivity index (χ1) is 21.2. The topological polar surface area (TPSA) is 93.0 Å². The van der Waals surface area contributed by atoms with E-state index in [4.69, 9.17) is 9.47 Å². The van der Waals surface area contributed by atoms with Gasteiger partial charge in [0.25, 0.3) is 0 Å². The van der Waals surface area contributed by atoms with Crippen LogP contribution < -0.4 is 10.6 Å². The van der Waals surface area contributed by atoms with Crippen molar-refractivity contribution in [3.05, 3.63) is 132 Å². The number of halogens is 1. The molecule has 5 aromatic rings. The Balaban J connectivity index is 1.14. The fourth-order valence-electron chi connectivity index (χ4n) is 4.00. The van der Waals surface area contributed by atoms with Gasteiger partial charge in [-0.15, -0.1) is 0 Å². The molecule has 1 aromatic heterocycles. The van der Waals surface area contributed by atoms with E-state index in [1.165, 1.54) is 0 Å². The van der Waals surface area contributed by atoms with E-state index in [0.717, 1.165) is 23.0 Å². The van der Waals surface area contributed by atoms with E-state index in [1.54, 1.807) is 18.5 Å². The normalized spacial score (nSPS) is 11.3. The van der Waals surface area contributed by atoms with E-state index in [-0.39, 0.29) is 11.8 Å². The van der Waals surface area contributed by atoms with Gasteiger partial charge in [-0.3, -0.25) is 9.98 Å². The van der Waals surface area contributed by atoms with Crippen LogP contribution in [0.3, 0.4) is 0 Å². The first-order valence-corrected chi connectivity index (χ1v) is 13.8. The predicted molar refractivity (Wildman–Crippen MR) is 170 cm³/mol. The molecule has 0 aliphatic heterocycles. The Hall–Kier alpha value is -5.25. The molecule has 0 spiro atoms. The minimum absolute atomic E-state index is 0.0366. The van der Waals surface area contributed by atoms with Crippen molar-refractivity contribution < 1.29 is 13.9 Å². The molecule has 0 amide bonds. The first-order valence-electron chi connectivity index (χ1n) is 13.8. The number of aliphatic imine (C=N–C) groups is 2. The summed E-state index contributed by atoms with van der Waals surface area (Å²) in [4.78, 5) is 17.3. The number of aromatic nitrogens is 2. The zero-order valence-corrected chi connectivity index (χ0v) is 23.4. The summed E-state index contributed by atoms with van der Waals surface area (Å²) in [6.45, 7) is 1.79. The SMILES string of the molecule is Fc1cnc(Nc2cccc(N=CCOCc3ccccc3)c2)nc1Nc1cccc(N=CCOCc2ccccc2)c1. The molecular weight excluding hydrogens is 543 g/mol. The number of hydrogen-bond acceptors (Lipinski definition) is 8. The molecule has 0 bridgehead atoms. The Morgan fingerprint density at radius 2 is 1.19 bits per heavy atom. The Morgan fingerprint density at radius 1 is 0.651 bits per heavy atom. The minimum Gasteiger partial charge on any atom is -0.371 e. The fraction of sp³-hybridized carbons (Fsp3) is 0.118. The van der Waals surface area contributed by atoms with Crippen molar-refractivity contribution in [1.29, 1.82) is 0 Å². The second kappa shape index (κ2) is 15.7. The third-order valence-electron chi connectivity index (χ3n) is 6.04. The smallest absolute Gasteiger partial charge is 0.229 e. The lowest BCUT2D eigenvalue weighted by molar-refractivity contribution is 0.160. The third-order valence-corrected chi connectivity index (χ3v) is 6.04. The number of anilines is 4. The van der Waals surface area contributed by atoms with Gasteiger partial charge in [0.1, 0.15) is 0 Å². The summed E-state index contributed by atoms with van der Waals surface area (Å²) < 4.78 is 25.9.